The molecular weight excluding hydrogens is 511 g/mol. The molecule has 0 aliphatic rings. The van der Waals surface area contributed by atoms with Crippen molar-refractivity contribution >= 4 is 29.2 Å². The summed E-state index contributed by atoms with van der Waals surface area (Å²) < 4.78 is 13.8. The first-order valence-electron chi connectivity index (χ1n) is 11.9. The number of rotatable bonds is 10. The van der Waals surface area contributed by atoms with E-state index in [1.54, 1.807) is 47.1 Å². The average Bonchev–Trinajstić information content (AvgIpc) is 3.26. The first-order valence-corrected chi connectivity index (χ1v) is 12.7. The Morgan fingerprint density at radius 1 is 0.973 bits per heavy atom. The van der Waals surface area contributed by atoms with Crippen LogP contribution in [-0.4, -0.2) is 20.9 Å². The molecule has 1 aromatic heterocycles. The Morgan fingerprint density at radius 3 is 2.24 bits per heavy atom. The lowest BCUT2D eigenvalue weighted by Crippen LogP contribution is -2.09. The minimum Gasteiger partial charge on any atom is -0.489 e. The summed E-state index contributed by atoms with van der Waals surface area (Å²) in [7, 11) is 0. The third kappa shape index (κ3) is 6.45. The van der Waals surface area contributed by atoms with E-state index in [9.17, 15) is 4.79 Å². The highest BCUT2D eigenvalue weighted by Crippen LogP contribution is 2.32. The predicted octanol–water partition coefficient (Wildman–Crippen LogP) is 7.40. The Hall–Kier alpha value is -3.48. The standard InChI is InChI=1S/C29H28Cl2N2O4/c1-18(2)24-15-32-33(29-25(30)5-4-6-26(29)31)27(24)17-37-23-12-9-21(19(3)13-23)16-36-22-10-7-20(8-11-22)14-28(34)35/h4-13,15,18H,14,16-17H2,1-3H3,(H,34,35). The van der Waals surface area contributed by atoms with Crippen LogP contribution < -0.4 is 9.47 Å². The molecule has 37 heavy (non-hydrogen) atoms. The molecule has 1 heterocycles. The van der Waals surface area contributed by atoms with Gasteiger partial charge >= 0.3 is 5.97 Å². The van der Waals surface area contributed by atoms with Gasteiger partial charge in [0.25, 0.3) is 0 Å². The Kier molecular flexibility index (Phi) is 8.41. The van der Waals surface area contributed by atoms with Gasteiger partial charge in [-0.25, -0.2) is 4.68 Å². The largest absolute Gasteiger partial charge is 0.489 e. The van der Waals surface area contributed by atoms with Gasteiger partial charge in [0.1, 0.15) is 30.4 Å². The zero-order valence-corrected chi connectivity index (χ0v) is 22.4. The maximum atomic E-state index is 10.8. The number of halogens is 2. The smallest absolute Gasteiger partial charge is 0.307 e. The van der Waals surface area contributed by atoms with Crippen molar-refractivity contribution in [2.45, 2.75) is 46.3 Å². The molecule has 0 saturated carbocycles. The molecule has 1 N–H and O–H groups in total. The van der Waals surface area contributed by atoms with E-state index in [-0.39, 0.29) is 12.3 Å². The number of benzene rings is 3. The number of para-hydroxylation sites is 1. The quantitative estimate of drug-likeness (QED) is 0.227. The molecule has 192 valence electrons. The molecule has 0 aliphatic carbocycles. The summed E-state index contributed by atoms with van der Waals surface area (Å²) in [4.78, 5) is 10.8. The van der Waals surface area contributed by atoms with Gasteiger partial charge in [0.2, 0.25) is 0 Å². The van der Waals surface area contributed by atoms with E-state index in [1.165, 1.54) is 0 Å². The molecule has 4 aromatic rings. The molecule has 0 bridgehead atoms. The molecule has 0 unspecified atom stereocenters. The Labute approximate surface area is 226 Å². The van der Waals surface area contributed by atoms with Crippen LogP contribution in [0.1, 0.15) is 47.7 Å². The van der Waals surface area contributed by atoms with Crippen LogP contribution in [0.4, 0.5) is 0 Å². The molecule has 0 aliphatic heterocycles. The van der Waals surface area contributed by atoms with Gasteiger partial charge in [-0.15, -0.1) is 0 Å². The fourth-order valence-corrected chi connectivity index (χ4v) is 4.57. The van der Waals surface area contributed by atoms with Crippen molar-refractivity contribution in [2.75, 3.05) is 0 Å². The van der Waals surface area contributed by atoms with Gasteiger partial charge in [-0.2, -0.15) is 5.10 Å². The monoisotopic (exact) mass is 538 g/mol. The van der Waals surface area contributed by atoms with Gasteiger partial charge in [0.15, 0.2) is 0 Å². The van der Waals surface area contributed by atoms with Crippen LogP contribution in [-0.2, 0) is 24.4 Å². The van der Waals surface area contributed by atoms with E-state index in [0.29, 0.717) is 34.7 Å². The summed E-state index contributed by atoms with van der Waals surface area (Å²) in [6.45, 7) is 6.91. The summed E-state index contributed by atoms with van der Waals surface area (Å²) in [5.41, 5.74) is 5.38. The number of aryl methyl sites for hydroxylation is 1. The van der Waals surface area contributed by atoms with Gasteiger partial charge in [0, 0.05) is 0 Å². The van der Waals surface area contributed by atoms with Crippen molar-refractivity contribution < 1.29 is 19.4 Å². The van der Waals surface area contributed by atoms with Crippen molar-refractivity contribution in [1.82, 2.24) is 9.78 Å². The highest BCUT2D eigenvalue weighted by atomic mass is 35.5. The first-order chi connectivity index (χ1) is 17.7. The average molecular weight is 539 g/mol. The lowest BCUT2D eigenvalue weighted by Gasteiger charge is -2.16. The third-order valence-electron chi connectivity index (χ3n) is 6.04. The number of hydrogen-bond acceptors (Lipinski definition) is 4. The van der Waals surface area contributed by atoms with E-state index in [0.717, 1.165) is 33.7 Å². The lowest BCUT2D eigenvalue weighted by molar-refractivity contribution is -0.136. The van der Waals surface area contributed by atoms with Crippen molar-refractivity contribution in [1.29, 1.82) is 0 Å². The number of nitrogens with zero attached hydrogens (tertiary/aromatic N) is 2. The van der Waals surface area contributed by atoms with E-state index in [2.05, 4.69) is 18.9 Å². The number of aliphatic carboxylic acids is 1. The molecule has 0 fully saturated rings. The van der Waals surface area contributed by atoms with Crippen molar-refractivity contribution in [3.8, 4) is 17.2 Å². The van der Waals surface area contributed by atoms with Crippen LogP contribution in [0.15, 0.2) is 66.9 Å². The normalized spacial score (nSPS) is 11.1. The molecule has 4 rings (SSSR count). The van der Waals surface area contributed by atoms with Gasteiger partial charge < -0.3 is 14.6 Å². The highest BCUT2D eigenvalue weighted by molar-refractivity contribution is 6.37. The Morgan fingerprint density at radius 2 is 1.62 bits per heavy atom. The number of ether oxygens (including phenoxy) is 2. The predicted molar refractivity (Wildman–Crippen MR) is 145 cm³/mol. The number of hydrogen-bond donors (Lipinski definition) is 1. The first kappa shape index (κ1) is 26.6. The summed E-state index contributed by atoms with van der Waals surface area (Å²) in [6, 6.07) is 18.4. The molecule has 3 aromatic carbocycles. The van der Waals surface area contributed by atoms with Crippen LogP contribution in [0.25, 0.3) is 5.69 Å². The van der Waals surface area contributed by atoms with Crippen LogP contribution in [0.2, 0.25) is 10.0 Å². The summed E-state index contributed by atoms with van der Waals surface area (Å²) in [5.74, 6) is 0.797. The second-order valence-corrected chi connectivity index (χ2v) is 9.88. The van der Waals surface area contributed by atoms with E-state index >= 15 is 0 Å². The lowest BCUT2D eigenvalue weighted by atomic mass is 10.0. The van der Waals surface area contributed by atoms with Crippen LogP contribution in [0.3, 0.4) is 0 Å². The zero-order chi connectivity index (χ0) is 26.5. The fraction of sp³-hybridized carbons (Fsp3) is 0.241. The highest BCUT2D eigenvalue weighted by Gasteiger charge is 2.19. The van der Waals surface area contributed by atoms with Crippen LogP contribution in [0, 0.1) is 6.92 Å². The van der Waals surface area contributed by atoms with Crippen LogP contribution >= 0.6 is 23.2 Å². The molecule has 0 atom stereocenters. The minimum atomic E-state index is -0.857. The van der Waals surface area contributed by atoms with Gasteiger partial charge in [-0.1, -0.05) is 61.3 Å². The fourth-order valence-electron chi connectivity index (χ4n) is 4.01. The van der Waals surface area contributed by atoms with E-state index in [4.69, 9.17) is 37.8 Å². The second kappa shape index (κ2) is 11.7. The van der Waals surface area contributed by atoms with Crippen LogP contribution in [0.5, 0.6) is 11.5 Å². The zero-order valence-electron chi connectivity index (χ0n) is 20.9. The summed E-state index contributed by atoms with van der Waals surface area (Å²) in [6.07, 6.45) is 1.83. The Balaban J connectivity index is 1.46. The maximum absolute atomic E-state index is 10.8. The molecule has 0 radical (unpaired) electrons. The molecule has 6 nitrogen and oxygen atoms in total. The van der Waals surface area contributed by atoms with E-state index < -0.39 is 5.97 Å². The third-order valence-corrected chi connectivity index (χ3v) is 6.65. The van der Waals surface area contributed by atoms with Gasteiger partial charge in [-0.05, 0) is 71.5 Å². The van der Waals surface area contributed by atoms with E-state index in [1.807, 2.05) is 31.3 Å². The molecule has 0 spiro atoms. The number of carbonyl (C=O) groups is 1. The van der Waals surface area contributed by atoms with Gasteiger partial charge in [-0.3, -0.25) is 4.79 Å². The van der Waals surface area contributed by atoms with Gasteiger partial charge in [0.05, 0.1) is 28.4 Å². The minimum absolute atomic E-state index is 0.00821. The summed E-state index contributed by atoms with van der Waals surface area (Å²) >= 11 is 12.9. The maximum Gasteiger partial charge on any atom is 0.307 e. The topological polar surface area (TPSA) is 73.6 Å². The second-order valence-electron chi connectivity index (χ2n) is 9.06. The molecular formula is C29H28Cl2N2O4. The van der Waals surface area contributed by atoms with Crippen molar-refractivity contribution in [2.24, 2.45) is 0 Å². The molecule has 8 heteroatoms. The summed E-state index contributed by atoms with van der Waals surface area (Å²) in [5, 5.41) is 14.5. The number of carboxylic acid groups (broad SMARTS) is 1. The Bertz CT molecular complexity index is 1380. The molecule has 0 amide bonds. The molecule has 0 saturated heterocycles. The SMILES string of the molecule is Cc1cc(OCc2c(C(C)C)cnn2-c2c(Cl)cccc2Cl)ccc1COc1ccc(CC(=O)O)cc1. The van der Waals surface area contributed by atoms with Crippen molar-refractivity contribution in [3.63, 3.8) is 0 Å². The number of aromatic nitrogens is 2. The number of carboxylic acids is 1. The van der Waals surface area contributed by atoms with Crippen molar-refractivity contribution in [3.05, 3.63) is 105 Å².